The van der Waals surface area contributed by atoms with Crippen molar-refractivity contribution in [3.8, 4) is 5.75 Å². The summed E-state index contributed by atoms with van der Waals surface area (Å²) in [5.41, 5.74) is 0.845. The number of allylic oxidation sites excluding steroid dienone is 2. The maximum absolute atomic E-state index is 13.7. The summed E-state index contributed by atoms with van der Waals surface area (Å²) in [6.45, 7) is 0.562. The van der Waals surface area contributed by atoms with Gasteiger partial charge in [-0.05, 0) is 67.5 Å². The lowest BCUT2D eigenvalue weighted by molar-refractivity contribution is -0.140. The molecule has 1 saturated carbocycles. The van der Waals surface area contributed by atoms with E-state index in [9.17, 15) is 14.0 Å². The van der Waals surface area contributed by atoms with Crippen LogP contribution in [0.5, 0.6) is 5.75 Å². The molecule has 0 unspecified atom stereocenters. The summed E-state index contributed by atoms with van der Waals surface area (Å²) in [6, 6.07) is 16.0. The van der Waals surface area contributed by atoms with Gasteiger partial charge < -0.3 is 14.2 Å². The van der Waals surface area contributed by atoms with Crippen LogP contribution in [-0.4, -0.2) is 38.2 Å². The van der Waals surface area contributed by atoms with Crippen molar-refractivity contribution in [1.29, 1.82) is 0 Å². The van der Waals surface area contributed by atoms with Crippen LogP contribution in [-0.2, 0) is 24.5 Å². The van der Waals surface area contributed by atoms with Crippen molar-refractivity contribution in [2.24, 2.45) is 11.8 Å². The predicted molar refractivity (Wildman–Crippen MR) is 135 cm³/mol. The number of esters is 1. The maximum Gasteiger partial charge on any atom is 0.305 e. The van der Waals surface area contributed by atoms with E-state index >= 15 is 0 Å². The minimum atomic E-state index is -0.258. The molecular weight excluding hydrogens is 459 g/mol. The summed E-state index contributed by atoms with van der Waals surface area (Å²) in [7, 11) is 1.40. The van der Waals surface area contributed by atoms with Crippen molar-refractivity contribution in [2.45, 2.75) is 43.6 Å². The molecular formula is C30H33FO5. The highest BCUT2D eigenvalue weighted by atomic mass is 19.1. The van der Waals surface area contributed by atoms with Crippen molar-refractivity contribution in [1.82, 2.24) is 0 Å². The molecule has 0 N–H and O–H groups in total. The lowest BCUT2D eigenvalue weighted by Gasteiger charge is -2.38. The topological polar surface area (TPSA) is 61.8 Å². The Labute approximate surface area is 211 Å². The third-order valence-corrected chi connectivity index (χ3v) is 7.31. The molecule has 1 saturated heterocycles. The Morgan fingerprint density at radius 1 is 1.11 bits per heavy atom. The number of ketones is 1. The molecule has 1 heterocycles. The van der Waals surface area contributed by atoms with E-state index in [0.717, 1.165) is 31.2 Å². The van der Waals surface area contributed by atoms with Gasteiger partial charge in [0.1, 0.15) is 11.6 Å². The number of halogens is 1. The average molecular weight is 493 g/mol. The van der Waals surface area contributed by atoms with E-state index in [2.05, 4.69) is 12.2 Å². The maximum atomic E-state index is 13.7. The lowest BCUT2D eigenvalue weighted by atomic mass is 9.69. The van der Waals surface area contributed by atoms with Crippen LogP contribution < -0.4 is 4.74 Å². The molecule has 1 aliphatic heterocycles. The first-order valence-electron chi connectivity index (χ1n) is 12.5. The van der Waals surface area contributed by atoms with Crippen LogP contribution in [0.3, 0.4) is 0 Å². The molecule has 4 atom stereocenters. The summed E-state index contributed by atoms with van der Waals surface area (Å²) in [5.74, 6) is 0.366. The lowest BCUT2D eigenvalue weighted by Crippen LogP contribution is -2.39. The van der Waals surface area contributed by atoms with Gasteiger partial charge in [-0.25, -0.2) is 4.39 Å². The van der Waals surface area contributed by atoms with Crippen LogP contribution in [0.25, 0.3) is 0 Å². The van der Waals surface area contributed by atoms with E-state index in [1.807, 2.05) is 48.5 Å². The molecule has 2 aromatic rings. The number of hydrogen-bond acceptors (Lipinski definition) is 5. The molecule has 2 aliphatic rings. The van der Waals surface area contributed by atoms with Crippen molar-refractivity contribution in [3.63, 3.8) is 0 Å². The van der Waals surface area contributed by atoms with Crippen LogP contribution in [0.4, 0.5) is 4.39 Å². The highest BCUT2D eigenvalue weighted by Crippen LogP contribution is 2.57. The van der Waals surface area contributed by atoms with Gasteiger partial charge in [0.05, 0.1) is 19.8 Å². The second-order valence-corrected chi connectivity index (χ2v) is 9.50. The van der Waals surface area contributed by atoms with Gasteiger partial charge in [0.15, 0.2) is 12.4 Å². The van der Waals surface area contributed by atoms with Crippen LogP contribution in [0.15, 0.2) is 78.9 Å². The molecule has 4 rings (SSSR count). The Morgan fingerprint density at radius 2 is 1.89 bits per heavy atom. The van der Waals surface area contributed by atoms with Crippen molar-refractivity contribution in [3.05, 3.63) is 90.3 Å². The van der Waals surface area contributed by atoms with Crippen LogP contribution in [0, 0.1) is 17.7 Å². The number of fused-ring (bicyclic) bond motifs is 2. The molecule has 190 valence electrons. The van der Waals surface area contributed by atoms with Gasteiger partial charge >= 0.3 is 5.97 Å². The standard InChI is InChI=1S/C30H33FO5/c1-34-29(33)12-8-3-2-7-11-27-26(18-17-24(32)20-35-25-9-5-4-6-10-25)28-19-30(27,21-36-28)22-13-15-23(31)16-14-22/h2,4-7,9-10,13-18,26-28H,3,8,11-12,19-21H2,1H3/t26-,27-,28-,30-/m0/s1. The Balaban J connectivity index is 1.45. The molecule has 5 nitrogen and oxygen atoms in total. The monoisotopic (exact) mass is 492 g/mol. The highest BCUT2D eigenvalue weighted by Gasteiger charge is 2.58. The molecule has 0 aromatic heterocycles. The predicted octanol–water partition coefficient (Wildman–Crippen LogP) is 5.59. The van der Waals surface area contributed by atoms with Gasteiger partial charge in [-0.2, -0.15) is 0 Å². The molecule has 2 fully saturated rings. The fraction of sp³-hybridized carbons (Fsp3) is 0.400. The first-order chi connectivity index (χ1) is 17.5. The SMILES string of the molecule is COC(=O)CCCC=CC[C@H]1[C@H](C=CC(=O)COc2ccccc2)[C@@H]2C[C@@]1(c1ccc(F)cc1)CO2. The van der Waals surface area contributed by atoms with E-state index in [1.54, 1.807) is 6.08 Å². The number of benzene rings is 2. The molecule has 2 aromatic carbocycles. The second-order valence-electron chi connectivity index (χ2n) is 9.50. The highest BCUT2D eigenvalue weighted by molar-refractivity contribution is 5.91. The number of para-hydroxylation sites is 1. The minimum absolute atomic E-state index is 0.00636. The van der Waals surface area contributed by atoms with Crippen LogP contribution in [0.1, 0.15) is 37.7 Å². The smallest absolute Gasteiger partial charge is 0.305 e. The van der Waals surface area contributed by atoms with Gasteiger partial charge in [-0.15, -0.1) is 0 Å². The van der Waals surface area contributed by atoms with Gasteiger partial charge in [0.2, 0.25) is 0 Å². The van der Waals surface area contributed by atoms with Crippen LogP contribution >= 0.6 is 0 Å². The van der Waals surface area contributed by atoms with Gasteiger partial charge in [0, 0.05) is 17.8 Å². The summed E-state index contributed by atoms with van der Waals surface area (Å²) in [4.78, 5) is 23.9. The molecule has 0 amide bonds. The van der Waals surface area contributed by atoms with E-state index < -0.39 is 0 Å². The summed E-state index contributed by atoms with van der Waals surface area (Å²) >= 11 is 0. The molecule has 6 heteroatoms. The number of methoxy groups -OCH3 is 1. The average Bonchev–Trinajstić information content (AvgIpc) is 3.47. The number of hydrogen-bond donors (Lipinski definition) is 0. The Morgan fingerprint density at radius 3 is 2.64 bits per heavy atom. The molecule has 36 heavy (non-hydrogen) atoms. The van der Waals surface area contributed by atoms with E-state index in [1.165, 1.54) is 19.2 Å². The summed E-state index contributed by atoms with van der Waals surface area (Å²) in [5, 5.41) is 0. The third-order valence-electron chi connectivity index (χ3n) is 7.31. The molecule has 2 bridgehead atoms. The minimum Gasteiger partial charge on any atom is -0.485 e. The quantitative estimate of drug-likeness (QED) is 0.167. The molecule has 0 spiro atoms. The van der Waals surface area contributed by atoms with E-state index in [4.69, 9.17) is 14.2 Å². The normalized spacial score (nSPS) is 25.0. The summed E-state index contributed by atoms with van der Waals surface area (Å²) < 4.78 is 30.1. The van der Waals surface area contributed by atoms with Gasteiger partial charge in [-0.3, -0.25) is 9.59 Å². The molecule has 0 radical (unpaired) electrons. The van der Waals surface area contributed by atoms with Crippen molar-refractivity contribution >= 4 is 11.8 Å². The Hall–Kier alpha value is -3.25. The number of unbranched alkanes of at least 4 members (excludes halogenated alkanes) is 1. The Kier molecular flexibility index (Phi) is 8.70. The first-order valence-corrected chi connectivity index (χ1v) is 12.5. The van der Waals surface area contributed by atoms with E-state index in [-0.39, 0.29) is 47.5 Å². The fourth-order valence-corrected chi connectivity index (χ4v) is 5.47. The van der Waals surface area contributed by atoms with Gasteiger partial charge in [-0.1, -0.05) is 48.6 Å². The number of rotatable bonds is 12. The second kappa shape index (κ2) is 12.1. The zero-order chi connectivity index (χ0) is 25.4. The zero-order valence-electron chi connectivity index (χ0n) is 20.6. The largest absolute Gasteiger partial charge is 0.485 e. The van der Waals surface area contributed by atoms with Crippen molar-refractivity contribution in [2.75, 3.05) is 20.3 Å². The Bertz CT molecular complexity index is 1080. The van der Waals surface area contributed by atoms with Crippen LogP contribution in [0.2, 0.25) is 0 Å². The number of carbonyl (C=O) groups excluding carboxylic acids is 2. The first kappa shape index (κ1) is 25.8. The third kappa shape index (κ3) is 6.11. The fourth-order valence-electron chi connectivity index (χ4n) is 5.47. The van der Waals surface area contributed by atoms with Crippen molar-refractivity contribution < 1.29 is 28.2 Å². The number of ether oxygens (including phenoxy) is 3. The zero-order valence-corrected chi connectivity index (χ0v) is 20.6. The van der Waals surface area contributed by atoms with E-state index in [0.29, 0.717) is 18.8 Å². The summed E-state index contributed by atoms with van der Waals surface area (Å²) in [6.07, 6.45) is 11.4. The number of carbonyl (C=O) groups is 2. The molecule has 1 aliphatic carbocycles. The van der Waals surface area contributed by atoms with Gasteiger partial charge in [0.25, 0.3) is 0 Å².